The molecule has 88 valence electrons. The second-order valence-electron chi connectivity index (χ2n) is 3.13. The highest BCUT2D eigenvalue weighted by Gasteiger charge is 2.54. The minimum Gasteiger partial charge on any atom is -0.381 e. The molecule has 1 rings (SSSR count). The normalized spacial score (nSPS) is 15.5. The Labute approximate surface area is 88.5 Å². The average Bonchev–Trinajstić information content (AvgIpc) is 2.16. The molecule has 7 heteroatoms. The molecule has 1 aromatic rings. The van der Waals surface area contributed by atoms with Crippen LogP contribution in [0.2, 0.25) is 0 Å². The molecule has 0 radical (unpaired) electrons. The van der Waals surface area contributed by atoms with E-state index >= 15 is 0 Å². The van der Waals surface area contributed by atoms with Crippen molar-refractivity contribution in [1.82, 2.24) is 0 Å². The van der Waals surface area contributed by atoms with Gasteiger partial charge in [-0.15, -0.1) is 0 Å². The van der Waals surface area contributed by atoms with Crippen molar-refractivity contribution in [2.45, 2.75) is 18.3 Å². The van der Waals surface area contributed by atoms with E-state index < -0.39 is 23.2 Å². The van der Waals surface area contributed by atoms with E-state index in [0.29, 0.717) is 0 Å². The Kier molecular flexibility index (Phi) is 3.48. The van der Waals surface area contributed by atoms with Gasteiger partial charge in [0.1, 0.15) is 0 Å². The predicted octanol–water partition coefficient (Wildman–Crippen LogP) is 1.93. The van der Waals surface area contributed by atoms with Crippen LogP contribution in [0.25, 0.3) is 0 Å². The molecular weight excluding hydrogens is 227 g/mol. The molecule has 0 heterocycles. The van der Waals surface area contributed by atoms with E-state index in [2.05, 4.69) is 0 Å². The maximum Gasteiger partial charge on any atom is 0.460 e. The quantitative estimate of drug-likeness (QED) is 0.643. The van der Waals surface area contributed by atoms with Gasteiger partial charge >= 0.3 is 12.2 Å². The summed E-state index contributed by atoms with van der Waals surface area (Å²) in [6.45, 7) is 0. The molecule has 0 amide bonds. The molecule has 0 saturated heterocycles. The number of alkyl halides is 3. The van der Waals surface area contributed by atoms with Gasteiger partial charge in [-0.1, -0.05) is 30.3 Å². The van der Waals surface area contributed by atoms with Crippen molar-refractivity contribution in [3.05, 3.63) is 46.0 Å². The predicted molar refractivity (Wildman–Crippen MR) is 48.2 cm³/mol. The Balaban J connectivity index is 3.02. The van der Waals surface area contributed by atoms with E-state index in [1.807, 2.05) is 0 Å². The van der Waals surface area contributed by atoms with Gasteiger partial charge in [0.05, 0.1) is 0 Å². The van der Waals surface area contributed by atoms with Gasteiger partial charge < -0.3 is 5.11 Å². The van der Waals surface area contributed by atoms with E-state index in [1.165, 1.54) is 30.3 Å². The highest BCUT2D eigenvalue weighted by atomic mass is 19.4. The summed E-state index contributed by atoms with van der Waals surface area (Å²) in [6.07, 6.45) is -7.28. The molecule has 0 unspecified atom stereocenters. The standard InChI is InChI=1S/C9H8F3NO3/c10-9(11,12)8(13(15)16)7(14)6-4-2-1-3-5-6/h1-5,7-8,14H/t7-,8+/m0/s1. The van der Waals surface area contributed by atoms with E-state index in [0.717, 1.165) is 0 Å². The third kappa shape index (κ3) is 2.69. The largest absolute Gasteiger partial charge is 0.460 e. The van der Waals surface area contributed by atoms with Crippen LogP contribution in [0, 0.1) is 10.1 Å². The van der Waals surface area contributed by atoms with E-state index in [-0.39, 0.29) is 5.56 Å². The monoisotopic (exact) mass is 235 g/mol. The van der Waals surface area contributed by atoms with Gasteiger partial charge in [0.15, 0.2) is 6.10 Å². The zero-order valence-electron chi connectivity index (χ0n) is 7.89. The van der Waals surface area contributed by atoms with Crippen LogP contribution in [-0.4, -0.2) is 22.2 Å². The minimum atomic E-state index is -5.08. The van der Waals surface area contributed by atoms with E-state index in [4.69, 9.17) is 0 Å². The molecule has 0 spiro atoms. The summed E-state index contributed by atoms with van der Waals surface area (Å²) in [4.78, 5) is 8.76. The lowest BCUT2D eigenvalue weighted by Gasteiger charge is -2.18. The molecule has 2 atom stereocenters. The topological polar surface area (TPSA) is 63.4 Å². The Morgan fingerprint density at radius 2 is 1.75 bits per heavy atom. The maximum atomic E-state index is 12.3. The third-order valence-corrected chi connectivity index (χ3v) is 2.00. The van der Waals surface area contributed by atoms with Crippen molar-refractivity contribution in [3.63, 3.8) is 0 Å². The van der Waals surface area contributed by atoms with Crippen LogP contribution in [0.5, 0.6) is 0 Å². The smallest absolute Gasteiger partial charge is 0.381 e. The van der Waals surface area contributed by atoms with Crippen molar-refractivity contribution < 1.29 is 23.2 Å². The van der Waals surface area contributed by atoms with Crippen LogP contribution < -0.4 is 0 Å². The molecule has 0 bridgehead atoms. The Morgan fingerprint density at radius 3 is 2.12 bits per heavy atom. The molecule has 0 aliphatic carbocycles. The highest BCUT2D eigenvalue weighted by molar-refractivity contribution is 5.18. The molecule has 1 aromatic carbocycles. The number of aliphatic hydroxyl groups excluding tert-OH is 1. The van der Waals surface area contributed by atoms with Crippen molar-refractivity contribution >= 4 is 0 Å². The lowest BCUT2D eigenvalue weighted by molar-refractivity contribution is -0.575. The summed E-state index contributed by atoms with van der Waals surface area (Å²) in [7, 11) is 0. The van der Waals surface area contributed by atoms with Crippen LogP contribution in [0.1, 0.15) is 11.7 Å². The van der Waals surface area contributed by atoms with Crippen molar-refractivity contribution in [3.8, 4) is 0 Å². The molecule has 0 fully saturated rings. The van der Waals surface area contributed by atoms with Crippen LogP contribution in [-0.2, 0) is 0 Å². The zero-order chi connectivity index (χ0) is 12.3. The number of hydrogen-bond acceptors (Lipinski definition) is 3. The number of benzene rings is 1. The van der Waals surface area contributed by atoms with Crippen molar-refractivity contribution in [1.29, 1.82) is 0 Å². The number of hydrogen-bond donors (Lipinski definition) is 1. The molecule has 4 nitrogen and oxygen atoms in total. The Morgan fingerprint density at radius 1 is 1.25 bits per heavy atom. The maximum absolute atomic E-state index is 12.3. The minimum absolute atomic E-state index is 0.137. The van der Waals surface area contributed by atoms with Gasteiger partial charge in [0.25, 0.3) is 0 Å². The lowest BCUT2D eigenvalue weighted by atomic mass is 10.0. The van der Waals surface area contributed by atoms with Crippen LogP contribution in [0.15, 0.2) is 30.3 Å². The van der Waals surface area contributed by atoms with E-state index in [9.17, 15) is 28.4 Å². The van der Waals surface area contributed by atoms with Gasteiger partial charge in [0.2, 0.25) is 0 Å². The molecule has 0 saturated carbocycles. The first-order valence-corrected chi connectivity index (χ1v) is 4.27. The fraction of sp³-hybridized carbons (Fsp3) is 0.333. The molecule has 1 N–H and O–H groups in total. The summed E-state index contributed by atoms with van der Waals surface area (Å²) >= 11 is 0. The summed E-state index contributed by atoms with van der Waals surface area (Å²) in [6, 6.07) is 3.72. The SMILES string of the molecule is O=[N+]([O-])[C@H]([C@@H](O)c1ccccc1)C(F)(F)F. The molecule has 0 aromatic heterocycles. The van der Waals surface area contributed by atoms with Gasteiger partial charge in [-0.2, -0.15) is 13.2 Å². The number of rotatable bonds is 3. The summed E-state index contributed by atoms with van der Waals surface area (Å²) < 4.78 is 36.9. The summed E-state index contributed by atoms with van der Waals surface area (Å²) in [5.74, 6) is 0. The fourth-order valence-corrected chi connectivity index (χ4v) is 1.25. The lowest BCUT2D eigenvalue weighted by Crippen LogP contribution is -2.41. The Hall–Kier alpha value is -1.63. The second-order valence-corrected chi connectivity index (χ2v) is 3.13. The van der Waals surface area contributed by atoms with Gasteiger partial charge in [-0.3, -0.25) is 10.1 Å². The van der Waals surface area contributed by atoms with Gasteiger partial charge in [-0.25, -0.2) is 0 Å². The Bertz CT molecular complexity index is 366. The number of nitro groups is 1. The van der Waals surface area contributed by atoms with Crippen LogP contribution >= 0.6 is 0 Å². The van der Waals surface area contributed by atoms with Gasteiger partial charge in [0, 0.05) is 4.92 Å². The average molecular weight is 235 g/mol. The molecular formula is C9H8F3NO3. The molecule has 0 aliphatic rings. The first kappa shape index (κ1) is 12.4. The van der Waals surface area contributed by atoms with Gasteiger partial charge in [-0.05, 0) is 5.56 Å². The number of halogens is 3. The molecule has 16 heavy (non-hydrogen) atoms. The fourth-order valence-electron chi connectivity index (χ4n) is 1.25. The first-order chi connectivity index (χ1) is 7.34. The first-order valence-electron chi connectivity index (χ1n) is 4.27. The highest BCUT2D eigenvalue weighted by Crippen LogP contribution is 2.31. The van der Waals surface area contributed by atoms with Crippen LogP contribution in [0.3, 0.4) is 0 Å². The zero-order valence-corrected chi connectivity index (χ0v) is 7.89. The van der Waals surface area contributed by atoms with E-state index in [1.54, 1.807) is 0 Å². The third-order valence-electron chi connectivity index (χ3n) is 2.00. The molecule has 0 aliphatic heterocycles. The van der Waals surface area contributed by atoms with Crippen molar-refractivity contribution in [2.75, 3.05) is 0 Å². The van der Waals surface area contributed by atoms with Crippen LogP contribution in [0.4, 0.5) is 13.2 Å². The van der Waals surface area contributed by atoms with Crippen molar-refractivity contribution in [2.24, 2.45) is 0 Å². The number of nitrogens with zero attached hydrogens (tertiary/aromatic N) is 1. The summed E-state index contributed by atoms with van der Waals surface area (Å²) in [5.41, 5.74) is -0.137. The summed E-state index contributed by atoms with van der Waals surface area (Å²) in [5, 5.41) is 19.6. The second kappa shape index (κ2) is 4.48. The number of aliphatic hydroxyl groups is 1.